The number of hydrogen-bond acceptors (Lipinski definition) is 0. The summed E-state index contributed by atoms with van der Waals surface area (Å²) in [6, 6.07) is 0. The van der Waals surface area contributed by atoms with E-state index in [1.54, 1.807) is 19.3 Å². The molecule has 0 aromatic heterocycles. The molecule has 0 atom stereocenters. The highest BCUT2D eigenvalue weighted by molar-refractivity contribution is 4.80. The molecule has 198 valence electrons. The lowest BCUT2D eigenvalue weighted by atomic mass is 9.73. The van der Waals surface area contributed by atoms with E-state index in [0.29, 0.717) is 0 Å². The largest absolute Gasteiger partial charge is 1.00 e. The average Bonchev–Trinajstić information content (AvgIpc) is 2.68. The van der Waals surface area contributed by atoms with Crippen LogP contribution in [0.2, 0.25) is 0 Å². The van der Waals surface area contributed by atoms with E-state index in [1.807, 2.05) is 0 Å². The third-order valence-corrected chi connectivity index (χ3v) is 9.78. The van der Waals surface area contributed by atoms with Crippen LogP contribution in [-0.2, 0) is 0 Å². The Kier molecular flexibility index (Phi) is 14.9. The van der Waals surface area contributed by atoms with Crippen molar-refractivity contribution in [1.82, 2.24) is 0 Å². The number of quaternary nitrogens is 3. The predicted octanol–water partition coefficient (Wildman–Crippen LogP) is -4.08. The van der Waals surface area contributed by atoms with Gasteiger partial charge in [-0.05, 0) is 77.0 Å². The fourth-order valence-corrected chi connectivity index (χ4v) is 8.39. The van der Waals surface area contributed by atoms with Gasteiger partial charge in [0.05, 0.1) is 80.0 Å². The van der Waals surface area contributed by atoms with Crippen LogP contribution < -0.4 is 71.9 Å². The lowest BCUT2D eigenvalue weighted by molar-refractivity contribution is -0.923. The Labute approximate surface area is 258 Å². The fraction of sp³-hybridized carbons (Fsp3) is 1.00. The molecule has 0 spiro atoms. The average molecular weight is 801 g/mol. The third kappa shape index (κ3) is 10.0. The maximum atomic E-state index is 2.59. The number of rotatable bonds is 6. The molecule has 3 heterocycles. The Morgan fingerprint density at radius 2 is 0.606 bits per heavy atom. The summed E-state index contributed by atoms with van der Waals surface area (Å²) >= 11 is 0. The molecule has 0 amide bonds. The van der Waals surface area contributed by atoms with E-state index < -0.39 is 0 Å². The highest BCUT2D eigenvalue weighted by Crippen LogP contribution is 2.39. The second kappa shape index (κ2) is 14.9. The zero-order valence-electron chi connectivity index (χ0n) is 22.1. The SMILES string of the molecule is C[N+]1(CC2CC(C[N+]3(C)CCCCC3)CC(C[N+]3(C)CCCCC3)C2)CCCCC1.[I-].[I-].[I-]. The van der Waals surface area contributed by atoms with E-state index in [9.17, 15) is 0 Å². The minimum Gasteiger partial charge on any atom is -1.00 e. The molecule has 1 saturated carbocycles. The van der Waals surface area contributed by atoms with Crippen molar-refractivity contribution in [2.45, 2.75) is 77.0 Å². The van der Waals surface area contributed by atoms with Crippen molar-refractivity contribution in [3.63, 3.8) is 0 Å². The molecule has 4 rings (SSSR count). The van der Waals surface area contributed by atoms with Gasteiger partial charge in [-0.2, -0.15) is 0 Å². The molecule has 33 heavy (non-hydrogen) atoms. The fourth-order valence-electron chi connectivity index (χ4n) is 8.39. The molecule has 0 bridgehead atoms. The molecule has 3 aliphatic heterocycles. The van der Waals surface area contributed by atoms with Crippen molar-refractivity contribution in [1.29, 1.82) is 0 Å². The van der Waals surface area contributed by atoms with Gasteiger partial charge < -0.3 is 85.4 Å². The molecule has 4 aliphatic rings. The summed E-state index contributed by atoms with van der Waals surface area (Å²) < 4.78 is 4.17. The monoisotopic (exact) mass is 801 g/mol. The maximum absolute atomic E-state index is 2.59. The molecule has 6 heteroatoms. The van der Waals surface area contributed by atoms with Gasteiger partial charge in [0.15, 0.2) is 0 Å². The zero-order chi connectivity index (χ0) is 21.1. The van der Waals surface area contributed by atoms with Crippen molar-refractivity contribution in [2.24, 2.45) is 17.8 Å². The lowest BCUT2D eigenvalue weighted by Crippen LogP contribution is -3.00. The summed E-state index contributed by atoms with van der Waals surface area (Å²) in [5.41, 5.74) is 0. The molecule has 1 aliphatic carbocycles. The van der Waals surface area contributed by atoms with E-state index in [0.717, 1.165) is 17.8 Å². The first-order valence-electron chi connectivity index (χ1n) is 13.9. The van der Waals surface area contributed by atoms with Gasteiger partial charge in [0.2, 0.25) is 0 Å². The van der Waals surface area contributed by atoms with Crippen LogP contribution in [0, 0.1) is 17.8 Å². The van der Waals surface area contributed by atoms with E-state index in [-0.39, 0.29) is 71.9 Å². The highest BCUT2D eigenvalue weighted by atomic mass is 127. The molecule has 3 saturated heterocycles. The summed E-state index contributed by atoms with van der Waals surface area (Å²) in [4.78, 5) is 0. The van der Waals surface area contributed by atoms with Crippen LogP contribution in [0.4, 0.5) is 0 Å². The first kappa shape index (κ1) is 33.1. The molecule has 0 aromatic rings. The van der Waals surface area contributed by atoms with Crippen LogP contribution >= 0.6 is 0 Å². The lowest BCUT2D eigenvalue weighted by Gasteiger charge is -2.47. The van der Waals surface area contributed by atoms with Gasteiger partial charge in [0, 0.05) is 17.8 Å². The molecular formula is C27H54I3N3. The number of halogens is 3. The maximum Gasteiger partial charge on any atom is 0.0813 e. The van der Waals surface area contributed by atoms with Crippen LogP contribution in [0.3, 0.4) is 0 Å². The normalized spacial score (nSPS) is 33.0. The summed E-state index contributed by atoms with van der Waals surface area (Å²) in [7, 11) is 7.78. The second-order valence-electron chi connectivity index (χ2n) is 13.2. The molecular weight excluding hydrogens is 747 g/mol. The van der Waals surface area contributed by atoms with E-state index in [2.05, 4.69) is 21.1 Å². The number of hydrogen-bond donors (Lipinski definition) is 0. The Morgan fingerprint density at radius 3 is 0.818 bits per heavy atom. The van der Waals surface area contributed by atoms with Crippen molar-refractivity contribution in [3.05, 3.63) is 0 Å². The topological polar surface area (TPSA) is 0 Å². The van der Waals surface area contributed by atoms with Crippen molar-refractivity contribution >= 4 is 0 Å². The van der Waals surface area contributed by atoms with Gasteiger partial charge in [0.25, 0.3) is 0 Å². The first-order valence-corrected chi connectivity index (χ1v) is 13.9. The van der Waals surface area contributed by atoms with Crippen LogP contribution in [0.1, 0.15) is 77.0 Å². The van der Waals surface area contributed by atoms with Gasteiger partial charge in [0.1, 0.15) is 0 Å². The summed E-state index contributed by atoms with van der Waals surface area (Å²) in [5, 5.41) is 0. The second-order valence-corrected chi connectivity index (χ2v) is 13.2. The van der Waals surface area contributed by atoms with Crippen molar-refractivity contribution < 1.29 is 85.4 Å². The van der Waals surface area contributed by atoms with Gasteiger partial charge in [-0.3, -0.25) is 0 Å². The first-order chi connectivity index (χ1) is 14.4. The smallest absolute Gasteiger partial charge is 0.0813 e. The van der Waals surface area contributed by atoms with Gasteiger partial charge >= 0.3 is 0 Å². The standard InChI is InChI=1S/C27H54N3.3HI/c1-28(13-7-4-8-14-28)22-25-19-26(23-29(2)15-9-5-10-16-29)21-27(20-25)24-30(3)17-11-6-12-18-30;;;/h25-27H,4-24H2,1-3H3;3*1H/q+3;;;/p-3. The Balaban J connectivity index is 0.00000181. The number of nitrogens with zero attached hydrogens (tertiary/aromatic N) is 3. The quantitative estimate of drug-likeness (QED) is 0.190. The van der Waals surface area contributed by atoms with Gasteiger partial charge in [-0.25, -0.2) is 0 Å². The summed E-state index contributed by atoms with van der Waals surface area (Å²) in [6.45, 7) is 13.2. The Hall–Kier alpha value is 2.07. The van der Waals surface area contributed by atoms with Crippen LogP contribution in [0.15, 0.2) is 0 Å². The highest BCUT2D eigenvalue weighted by Gasteiger charge is 2.41. The van der Waals surface area contributed by atoms with Crippen molar-refractivity contribution in [3.8, 4) is 0 Å². The van der Waals surface area contributed by atoms with Gasteiger partial charge in [-0.15, -0.1) is 0 Å². The predicted molar refractivity (Wildman–Crippen MR) is 128 cm³/mol. The molecule has 0 N–H and O–H groups in total. The molecule has 0 radical (unpaired) electrons. The Bertz CT molecular complexity index is 459. The molecule has 0 aromatic carbocycles. The number of likely N-dealkylation sites (tertiary alicyclic amines) is 3. The van der Waals surface area contributed by atoms with Crippen LogP contribution in [-0.4, -0.2) is 93.5 Å². The molecule has 0 unspecified atom stereocenters. The third-order valence-electron chi connectivity index (χ3n) is 9.78. The Morgan fingerprint density at radius 1 is 0.394 bits per heavy atom. The van der Waals surface area contributed by atoms with E-state index in [1.165, 1.54) is 130 Å². The molecule has 4 fully saturated rings. The van der Waals surface area contributed by atoms with E-state index >= 15 is 0 Å². The molecule has 3 nitrogen and oxygen atoms in total. The van der Waals surface area contributed by atoms with Crippen molar-refractivity contribution in [2.75, 3.05) is 80.0 Å². The minimum absolute atomic E-state index is 0. The van der Waals surface area contributed by atoms with Gasteiger partial charge in [-0.1, -0.05) is 0 Å². The van der Waals surface area contributed by atoms with Crippen LogP contribution in [0.25, 0.3) is 0 Å². The zero-order valence-corrected chi connectivity index (χ0v) is 28.5. The summed E-state index contributed by atoms with van der Waals surface area (Å²) in [6.07, 6.45) is 17.9. The van der Waals surface area contributed by atoms with E-state index in [4.69, 9.17) is 0 Å². The summed E-state index contributed by atoms with van der Waals surface area (Å²) in [5.74, 6) is 2.97. The number of piperidine rings is 3. The minimum atomic E-state index is 0. The van der Waals surface area contributed by atoms with Crippen LogP contribution in [0.5, 0.6) is 0 Å².